The molecule has 2 aromatic carbocycles. The maximum Gasteiger partial charge on any atom is 0.297 e. The molecule has 6 rings (SSSR count). The summed E-state index contributed by atoms with van der Waals surface area (Å²) in [5, 5.41) is 2.54. The van der Waals surface area contributed by atoms with Crippen molar-refractivity contribution in [2.45, 2.75) is 44.9 Å². The van der Waals surface area contributed by atoms with Gasteiger partial charge in [-0.05, 0) is 67.1 Å². The number of pyridine rings is 2. The lowest BCUT2D eigenvalue weighted by atomic mass is 9.83. The van der Waals surface area contributed by atoms with Gasteiger partial charge in [0.15, 0.2) is 11.0 Å². The first-order valence-electron chi connectivity index (χ1n) is 10.8. The summed E-state index contributed by atoms with van der Waals surface area (Å²) in [6.45, 7) is 2.21. The second-order valence-corrected chi connectivity index (χ2v) is 8.67. The molecule has 3 aromatic heterocycles. The fourth-order valence-electron chi connectivity index (χ4n) is 5.51. The molecule has 1 aliphatic rings. The second-order valence-electron chi connectivity index (χ2n) is 8.67. The summed E-state index contributed by atoms with van der Waals surface area (Å²) in [4.78, 5) is 4.89. The number of rotatable bonds is 1. The summed E-state index contributed by atoms with van der Waals surface area (Å²) in [5.41, 5.74) is 8.88. The maximum absolute atomic E-state index is 4.89. The van der Waals surface area contributed by atoms with Crippen LogP contribution in [0, 0.1) is 6.92 Å². The van der Waals surface area contributed by atoms with Crippen molar-refractivity contribution in [1.82, 2.24) is 9.38 Å². The number of nitrogens with zero attached hydrogens (tertiary/aromatic N) is 3. The number of aromatic nitrogens is 3. The van der Waals surface area contributed by atoms with Crippen molar-refractivity contribution >= 4 is 38.5 Å². The van der Waals surface area contributed by atoms with Crippen LogP contribution < -0.4 is 4.57 Å². The quantitative estimate of drug-likeness (QED) is 0.259. The number of fused-ring (bicyclic) bond motifs is 8. The van der Waals surface area contributed by atoms with Gasteiger partial charge in [0, 0.05) is 11.6 Å². The minimum Gasteiger partial charge on any atom is -0.255 e. The smallest absolute Gasteiger partial charge is 0.255 e. The van der Waals surface area contributed by atoms with Crippen LogP contribution in [0.3, 0.4) is 0 Å². The third-order valence-corrected chi connectivity index (χ3v) is 6.99. The zero-order valence-corrected chi connectivity index (χ0v) is 17.2. The SMILES string of the molecule is Cc1ccnc2c3cc(C4CCCCC4)ccc3n3c4ccccc4[n+](C)c3c12. The molecule has 29 heavy (non-hydrogen) atoms. The first kappa shape index (κ1) is 17.0. The molecule has 3 heterocycles. The normalized spacial score (nSPS) is 15.8. The van der Waals surface area contributed by atoms with E-state index in [1.165, 1.54) is 76.2 Å². The molecule has 0 saturated heterocycles. The van der Waals surface area contributed by atoms with Crippen molar-refractivity contribution < 1.29 is 4.57 Å². The van der Waals surface area contributed by atoms with Gasteiger partial charge >= 0.3 is 0 Å². The average molecular weight is 381 g/mol. The summed E-state index contributed by atoms with van der Waals surface area (Å²) in [5.74, 6) is 0.696. The van der Waals surface area contributed by atoms with Gasteiger partial charge in [0.2, 0.25) is 0 Å². The first-order valence-corrected chi connectivity index (χ1v) is 10.8. The van der Waals surface area contributed by atoms with Crippen molar-refractivity contribution in [3.8, 4) is 0 Å². The van der Waals surface area contributed by atoms with Crippen molar-refractivity contribution in [2.24, 2.45) is 7.05 Å². The Kier molecular flexibility index (Phi) is 3.67. The molecule has 0 N–H and O–H groups in total. The first-order chi connectivity index (χ1) is 14.2. The fraction of sp³-hybridized carbons (Fsp3) is 0.308. The summed E-state index contributed by atoms with van der Waals surface area (Å²) >= 11 is 0. The number of aryl methyl sites for hydroxylation is 2. The van der Waals surface area contributed by atoms with Gasteiger partial charge in [0.1, 0.15) is 5.52 Å². The molecular weight excluding hydrogens is 354 g/mol. The summed E-state index contributed by atoms with van der Waals surface area (Å²) < 4.78 is 4.76. The molecule has 1 fully saturated rings. The highest BCUT2D eigenvalue weighted by molar-refractivity contribution is 6.11. The second kappa shape index (κ2) is 6.28. The van der Waals surface area contributed by atoms with Crippen molar-refractivity contribution in [2.75, 3.05) is 0 Å². The van der Waals surface area contributed by atoms with Crippen LogP contribution in [0.25, 0.3) is 38.5 Å². The Morgan fingerprint density at radius 2 is 1.79 bits per heavy atom. The van der Waals surface area contributed by atoms with E-state index in [9.17, 15) is 0 Å². The van der Waals surface area contributed by atoms with Crippen molar-refractivity contribution in [3.63, 3.8) is 0 Å². The lowest BCUT2D eigenvalue weighted by molar-refractivity contribution is -0.617. The standard InChI is InChI=1S/C26H26N3/c1-17-14-15-27-25-20-16-19(18-8-4-3-5-9-18)12-13-21(20)29-23-11-7-6-10-22(23)28(2)26(29)24(17)25/h6-7,10-16,18H,3-5,8-9H2,1-2H3/q+1. The van der Waals surface area contributed by atoms with E-state index in [0.29, 0.717) is 5.92 Å². The molecule has 0 radical (unpaired) electrons. The molecule has 1 aliphatic carbocycles. The number of para-hydroxylation sites is 2. The maximum atomic E-state index is 4.89. The molecule has 0 atom stereocenters. The minimum absolute atomic E-state index is 0.696. The predicted octanol–water partition coefficient (Wildman–Crippen LogP) is 5.97. The largest absolute Gasteiger partial charge is 0.297 e. The molecule has 0 bridgehead atoms. The Hall–Kier alpha value is -2.94. The molecule has 144 valence electrons. The van der Waals surface area contributed by atoms with E-state index in [1.807, 2.05) is 6.20 Å². The monoisotopic (exact) mass is 380 g/mol. The van der Waals surface area contributed by atoms with Gasteiger partial charge in [-0.1, -0.05) is 37.5 Å². The van der Waals surface area contributed by atoms with E-state index in [4.69, 9.17) is 4.98 Å². The van der Waals surface area contributed by atoms with E-state index in [2.05, 4.69) is 71.5 Å². The highest BCUT2D eigenvalue weighted by Gasteiger charge is 2.25. The minimum atomic E-state index is 0.696. The van der Waals surface area contributed by atoms with Gasteiger partial charge in [-0.25, -0.2) is 4.57 Å². The average Bonchev–Trinajstić information content (AvgIpc) is 3.07. The van der Waals surface area contributed by atoms with E-state index in [1.54, 1.807) is 0 Å². The van der Waals surface area contributed by atoms with E-state index >= 15 is 0 Å². The summed E-state index contributed by atoms with van der Waals surface area (Å²) in [7, 11) is 2.17. The van der Waals surface area contributed by atoms with Crippen LogP contribution in [0.4, 0.5) is 0 Å². The van der Waals surface area contributed by atoms with Crippen LogP contribution >= 0.6 is 0 Å². The van der Waals surface area contributed by atoms with Gasteiger partial charge in [-0.2, -0.15) is 4.40 Å². The highest BCUT2D eigenvalue weighted by Crippen LogP contribution is 2.37. The third kappa shape index (κ3) is 2.37. The van der Waals surface area contributed by atoms with Crippen LogP contribution in [0.2, 0.25) is 0 Å². The van der Waals surface area contributed by atoms with Crippen molar-refractivity contribution in [1.29, 1.82) is 0 Å². The zero-order chi connectivity index (χ0) is 19.5. The Morgan fingerprint density at radius 1 is 0.966 bits per heavy atom. The van der Waals surface area contributed by atoms with Gasteiger partial charge < -0.3 is 0 Å². The number of hydrogen-bond donors (Lipinski definition) is 0. The summed E-state index contributed by atoms with van der Waals surface area (Å²) in [6.07, 6.45) is 8.71. The number of hydrogen-bond acceptors (Lipinski definition) is 1. The molecule has 0 spiro atoms. The van der Waals surface area contributed by atoms with Crippen LogP contribution in [0.1, 0.15) is 49.1 Å². The van der Waals surface area contributed by atoms with Crippen LogP contribution in [0.5, 0.6) is 0 Å². The van der Waals surface area contributed by atoms with Crippen molar-refractivity contribution in [3.05, 3.63) is 65.9 Å². The Labute approximate surface area is 170 Å². The molecule has 1 saturated carbocycles. The van der Waals surface area contributed by atoms with Crippen LogP contribution in [0.15, 0.2) is 54.7 Å². The van der Waals surface area contributed by atoms with Gasteiger partial charge in [0.05, 0.1) is 18.0 Å². The topological polar surface area (TPSA) is 21.2 Å². The highest BCUT2D eigenvalue weighted by atomic mass is 15.1. The molecule has 0 aliphatic heterocycles. The fourth-order valence-corrected chi connectivity index (χ4v) is 5.51. The molecule has 3 nitrogen and oxygen atoms in total. The number of benzene rings is 2. The Balaban J connectivity index is 1.81. The van der Waals surface area contributed by atoms with E-state index in [-0.39, 0.29) is 0 Å². The lowest BCUT2D eigenvalue weighted by Gasteiger charge is -2.22. The van der Waals surface area contributed by atoms with Gasteiger partial charge in [-0.15, -0.1) is 0 Å². The molecule has 0 amide bonds. The lowest BCUT2D eigenvalue weighted by Crippen LogP contribution is -2.27. The molecule has 5 aromatic rings. The zero-order valence-electron chi connectivity index (χ0n) is 17.2. The molecule has 0 unspecified atom stereocenters. The molecule has 3 heteroatoms. The number of imidazole rings is 1. The van der Waals surface area contributed by atoms with E-state index < -0.39 is 0 Å². The predicted molar refractivity (Wildman–Crippen MR) is 119 cm³/mol. The Bertz CT molecular complexity index is 1400. The van der Waals surface area contributed by atoms with Gasteiger partial charge in [0.25, 0.3) is 5.65 Å². The molecular formula is C26H26N3+. The summed E-state index contributed by atoms with van der Waals surface area (Å²) in [6, 6.07) is 18.0. The third-order valence-electron chi connectivity index (χ3n) is 6.99. The van der Waals surface area contributed by atoms with Crippen LogP contribution in [-0.4, -0.2) is 9.38 Å². The Morgan fingerprint density at radius 3 is 2.66 bits per heavy atom. The van der Waals surface area contributed by atoms with Crippen LogP contribution in [-0.2, 0) is 7.05 Å². The van der Waals surface area contributed by atoms with E-state index in [0.717, 1.165) is 5.52 Å². The van der Waals surface area contributed by atoms with Gasteiger partial charge in [-0.3, -0.25) is 4.98 Å².